The molecule has 0 aliphatic carbocycles. The van der Waals surface area contributed by atoms with Gasteiger partial charge in [0.2, 0.25) is 5.91 Å². The second-order valence-electron chi connectivity index (χ2n) is 6.56. The molecule has 3 aromatic rings. The SMILES string of the molecule is Cn1c(=O)oc2ccc(CCC(=O)N3CCc4ccccc4C3)cc21. The van der Waals surface area contributed by atoms with Gasteiger partial charge in [-0.1, -0.05) is 30.3 Å². The summed E-state index contributed by atoms with van der Waals surface area (Å²) < 4.78 is 6.63. The molecule has 0 bridgehead atoms. The molecule has 1 aliphatic rings. The molecule has 0 atom stereocenters. The maximum atomic E-state index is 12.6. The van der Waals surface area contributed by atoms with Crippen molar-refractivity contribution in [2.24, 2.45) is 7.05 Å². The zero-order valence-electron chi connectivity index (χ0n) is 14.2. The molecule has 4 rings (SSSR count). The first-order valence-corrected chi connectivity index (χ1v) is 8.55. The van der Waals surface area contributed by atoms with Gasteiger partial charge in [-0.05, 0) is 41.7 Å². The van der Waals surface area contributed by atoms with Gasteiger partial charge in [-0.2, -0.15) is 0 Å². The zero-order valence-corrected chi connectivity index (χ0v) is 14.2. The van der Waals surface area contributed by atoms with E-state index in [1.807, 2.05) is 23.1 Å². The summed E-state index contributed by atoms with van der Waals surface area (Å²) in [4.78, 5) is 26.1. The summed E-state index contributed by atoms with van der Waals surface area (Å²) in [5, 5.41) is 0. The monoisotopic (exact) mass is 336 g/mol. The summed E-state index contributed by atoms with van der Waals surface area (Å²) in [5.74, 6) is -0.189. The van der Waals surface area contributed by atoms with Crippen LogP contribution in [0.1, 0.15) is 23.1 Å². The second-order valence-corrected chi connectivity index (χ2v) is 6.56. The van der Waals surface area contributed by atoms with Crippen molar-refractivity contribution in [1.29, 1.82) is 0 Å². The highest BCUT2D eigenvalue weighted by atomic mass is 16.4. The average Bonchev–Trinajstić information content (AvgIpc) is 2.93. The number of carbonyl (C=O) groups excluding carboxylic acids is 1. The largest absolute Gasteiger partial charge is 0.419 e. The Balaban J connectivity index is 1.44. The molecule has 128 valence electrons. The maximum Gasteiger partial charge on any atom is 0.419 e. The molecule has 0 saturated heterocycles. The molecule has 5 nitrogen and oxygen atoms in total. The van der Waals surface area contributed by atoms with Crippen LogP contribution in [-0.2, 0) is 31.2 Å². The average molecular weight is 336 g/mol. The van der Waals surface area contributed by atoms with Gasteiger partial charge in [-0.25, -0.2) is 4.79 Å². The molecule has 2 heterocycles. The molecule has 5 heteroatoms. The third-order valence-electron chi connectivity index (χ3n) is 4.97. The molecule has 2 aromatic carbocycles. The summed E-state index contributed by atoms with van der Waals surface area (Å²) in [7, 11) is 1.69. The lowest BCUT2D eigenvalue weighted by Crippen LogP contribution is -2.36. The molecule has 1 amide bonds. The van der Waals surface area contributed by atoms with Crippen LogP contribution >= 0.6 is 0 Å². The van der Waals surface area contributed by atoms with Gasteiger partial charge < -0.3 is 9.32 Å². The number of fused-ring (bicyclic) bond motifs is 2. The Morgan fingerprint density at radius 1 is 1.16 bits per heavy atom. The normalized spacial score (nSPS) is 13.9. The van der Waals surface area contributed by atoms with Gasteiger partial charge in [0.25, 0.3) is 0 Å². The van der Waals surface area contributed by atoms with Crippen LogP contribution in [0.3, 0.4) is 0 Å². The minimum absolute atomic E-state index is 0.177. The highest BCUT2D eigenvalue weighted by Gasteiger charge is 2.20. The van der Waals surface area contributed by atoms with Crippen LogP contribution in [-0.4, -0.2) is 21.9 Å². The minimum atomic E-state index is -0.366. The first-order valence-electron chi connectivity index (χ1n) is 8.55. The molecule has 0 radical (unpaired) electrons. The number of rotatable bonds is 3. The van der Waals surface area contributed by atoms with E-state index in [1.165, 1.54) is 15.7 Å². The molecular formula is C20H20N2O3. The van der Waals surface area contributed by atoms with E-state index in [2.05, 4.69) is 18.2 Å². The fraction of sp³-hybridized carbons (Fsp3) is 0.300. The van der Waals surface area contributed by atoms with Crippen molar-refractivity contribution in [1.82, 2.24) is 9.47 Å². The number of benzene rings is 2. The van der Waals surface area contributed by atoms with E-state index in [9.17, 15) is 9.59 Å². The third kappa shape index (κ3) is 2.97. The van der Waals surface area contributed by atoms with Crippen LogP contribution < -0.4 is 5.76 Å². The maximum absolute atomic E-state index is 12.6. The Kier molecular flexibility index (Phi) is 3.92. The number of carbonyl (C=O) groups is 1. The van der Waals surface area contributed by atoms with Gasteiger partial charge in [-0.3, -0.25) is 9.36 Å². The lowest BCUT2D eigenvalue weighted by atomic mass is 9.99. The van der Waals surface area contributed by atoms with Crippen molar-refractivity contribution in [2.45, 2.75) is 25.8 Å². The smallest absolute Gasteiger partial charge is 0.408 e. The van der Waals surface area contributed by atoms with Crippen LogP contribution in [0.15, 0.2) is 51.7 Å². The van der Waals surface area contributed by atoms with Crippen molar-refractivity contribution < 1.29 is 9.21 Å². The number of aromatic nitrogens is 1. The van der Waals surface area contributed by atoms with Crippen LogP contribution in [0.2, 0.25) is 0 Å². The number of hydrogen-bond acceptors (Lipinski definition) is 3. The fourth-order valence-electron chi connectivity index (χ4n) is 3.45. The molecule has 0 N–H and O–H groups in total. The van der Waals surface area contributed by atoms with Crippen molar-refractivity contribution in [2.75, 3.05) is 6.54 Å². The van der Waals surface area contributed by atoms with E-state index < -0.39 is 0 Å². The van der Waals surface area contributed by atoms with Crippen LogP contribution in [0.4, 0.5) is 0 Å². The lowest BCUT2D eigenvalue weighted by Gasteiger charge is -2.29. The zero-order chi connectivity index (χ0) is 17.4. The molecule has 0 spiro atoms. The highest BCUT2D eigenvalue weighted by Crippen LogP contribution is 2.20. The van der Waals surface area contributed by atoms with Gasteiger partial charge >= 0.3 is 5.76 Å². The molecule has 0 unspecified atom stereocenters. The van der Waals surface area contributed by atoms with Crippen LogP contribution in [0.5, 0.6) is 0 Å². The van der Waals surface area contributed by atoms with Gasteiger partial charge in [0.15, 0.2) is 5.58 Å². The summed E-state index contributed by atoms with van der Waals surface area (Å²) in [6, 6.07) is 14.0. The van der Waals surface area contributed by atoms with E-state index in [-0.39, 0.29) is 11.7 Å². The van der Waals surface area contributed by atoms with Gasteiger partial charge in [0, 0.05) is 26.6 Å². The quantitative estimate of drug-likeness (QED) is 0.739. The molecule has 1 aliphatic heterocycles. The Labute approximate surface area is 145 Å². The summed E-state index contributed by atoms with van der Waals surface area (Å²) >= 11 is 0. The summed E-state index contributed by atoms with van der Waals surface area (Å²) in [6.07, 6.45) is 2.05. The summed E-state index contributed by atoms with van der Waals surface area (Å²) in [6.45, 7) is 1.48. The van der Waals surface area contributed by atoms with Crippen LogP contribution in [0.25, 0.3) is 11.1 Å². The van der Waals surface area contributed by atoms with Crippen molar-refractivity contribution >= 4 is 17.0 Å². The molecule has 25 heavy (non-hydrogen) atoms. The first-order chi connectivity index (χ1) is 12.1. The van der Waals surface area contributed by atoms with E-state index in [0.29, 0.717) is 25.0 Å². The Hall–Kier alpha value is -2.82. The molecule has 0 saturated carbocycles. The van der Waals surface area contributed by atoms with Gasteiger partial charge in [0.05, 0.1) is 5.52 Å². The van der Waals surface area contributed by atoms with E-state index in [4.69, 9.17) is 4.42 Å². The lowest BCUT2D eigenvalue weighted by molar-refractivity contribution is -0.132. The molecule has 0 fully saturated rings. The van der Waals surface area contributed by atoms with E-state index in [0.717, 1.165) is 24.0 Å². The number of oxazole rings is 1. The molecule has 1 aromatic heterocycles. The van der Waals surface area contributed by atoms with E-state index in [1.54, 1.807) is 13.1 Å². The van der Waals surface area contributed by atoms with Crippen molar-refractivity contribution in [3.05, 3.63) is 69.7 Å². The Morgan fingerprint density at radius 2 is 1.96 bits per heavy atom. The predicted octanol–water partition coefficient (Wildman–Crippen LogP) is 2.65. The molecular weight excluding hydrogens is 316 g/mol. The standard InChI is InChI=1S/C20H20N2O3/c1-21-17-12-14(6-8-18(17)25-20(21)24)7-9-19(23)22-11-10-15-4-2-3-5-16(15)13-22/h2-6,8,12H,7,9-11,13H2,1H3. The fourth-order valence-corrected chi connectivity index (χ4v) is 3.45. The first kappa shape index (κ1) is 15.7. The second kappa shape index (κ2) is 6.24. The Morgan fingerprint density at radius 3 is 2.80 bits per heavy atom. The summed E-state index contributed by atoms with van der Waals surface area (Å²) in [5.41, 5.74) is 4.97. The number of hydrogen-bond donors (Lipinski definition) is 0. The van der Waals surface area contributed by atoms with E-state index >= 15 is 0 Å². The van der Waals surface area contributed by atoms with Gasteiger partial charge in [-0.15, -0.1) is 0 Å². The number of aryl methyl sites for hydroxylation is 2. The number of nitrogens with zero attached hydrogens (tertiary/aromatic N) is 2. The predicted molar refractivity (Wildman–Crippen MR) is 95.3 cm³/mol. The minimum Gasteiger partial charge on any atom is -0.408 e. The Bertz CT molecular complexity index is 1000. The number of amides is 1. The topological polar surface area (TPSA) is 55.5 Å². The van der Waals surface area contributed by atoms with Crippen LogP contribution in [0, 0.1) is 0 Å². The van der Waals surface area contributed by atoms with Crippen molar-refractivity contribution in [3.63, 3.8) is 0 Å². The highest BCUT2D eigenvalue weighted by molar-refractivity contribution is 5.77. The van der Waals surface area contributed by atoms with Gasteiger partial charge in [0.1, 0.15) is 0 Å². The third-order valence-corrected chi connectivity index (χ3v) is 4.97. The van der Waals surface area contributed by atoms with Crippen molar-refractivity contribution in [3.8, 4) is 0 Å².